The van der Waals surface area contributed by atoms with Crippen LogP contribution in [-0.4, -0.2) is 27.5 Å². The topological polar surface area (TPSA) is 58.2 Å². The molecule has 112 valence electrons. The number of sulfonamides is 1. The third-order valence-electron chi connectivity index (χ3n) is 3.63. The summed E-state index contributed by atoms with van der Waals surface area (Å²) in [6.45, 7) is 4.53. The molecule has 1 aromatic carbocycles. The molecule has 1 fully saturated rings. The molecule has 20 heavy (non-hydrogen) atoms. The predicted molar refractivity (Wildman–Crippen MR) is 76.7 cm³/mol. The Morgan fingerprint density at radius 2 is 1.95 bits per heavy atom. The SMILES string of the molecule is Cc1cc(F)cc(C)c1S(=O)(=O)NCC1CCCCN1. The third kappa shape index (κ3) is 3.56. The summed E-state index contributed by atoms with van der Waals surface area (Å²) in [6, 6.07) is 2.68. The summed E-state index contributed by atoms with van der Waals surface area (Å²) in [4.78, 5) is 0.190. The van der Waals surface area contributed by atoms with Crippen LogP contribution < -0.4 is 10.0 Å². The van der Waals surface area contributed by atoms with Crippen LogP contribution >= 0.6 is 0 Å². The zero-order valence-electron chi connectivity index (χ0n) is 11.9. The van der Waals surface area contributed by atoms with Crippen LogP contribution in [0.3, 0.4) is 0 Å². The van der Waals surface area contributed by atoms with Crippen LogP contribution in [0.4, 0.5) is 4.39 Å². The molecule has 4 nitrogen and oxygen atoms in total. The third-order valence-corrected chi connectivity index (χ3v) is 5.35. The molecule has 1 atom stereocenters. The lowest BCUT2D eigenvalue weighted by molar-refractivity contribution is 0.398. The van der Waals surface area contributed by atoms with Gasteiger partial charge in [0, 0.05) is 12.6 Å². The average Bonchev–Trinajstić information content (AvgIpc) is 2.36. The summed E-state index contributed by atoms with van der Waals surface area (Å²) in [5.74, 6) is -0.409. The van der Waals surface area contributed by atoms with E-state index in [0.29, 0.717) is 17.7 Å². The van der Waals surface area contributed by atoms with Gasteiger partial charge in [-0.2, -0.15) is 0 Å². The largest absolute Gasteiger partial charge is 0.313 e. The van der Waals surface area contributed by atoms with Crippen LogP contribution in [-0.2, 0) is 10.0 Å². The maximum atomic E-state index is 13.2. The standard InChI is InChI=1S/C14H21FN2O2S/c1-10-7-12(15)8-11(2)14(10)20(18,19)17-9-13-5-3-4-6-16-13/h7-8,13,16-17H,3-6,9H2,1-2H3. The molecule has 1 unspecified atom stereocenters. The first kappa shape index (κ1) is 15.4. The first-order chi connectivity index (χ1) is 9.40. The van der Waals surface area contributed by atoms with Crippen molar-refractivity contribution in [2.24, 2.45) is 0 Å². The molecule has 6 heteroatoms. The number of aryl methyl sites for hydroxylation is 2. The van der Waals surface area contributed by atoms with Gasteiger partial charge in [0.1, 0.15) is 5.82 Å². The zero-order valence-corrected chi connectivity index (χ0v) is 12.7. The molecule has 1 aliphatic rings. The summed E-state index contributed by atoms with van der Waals surface area (Å²) < 4.78 is 40.6. The normalized spacial score (nSPS) is 20.1. The molecule has 0 radical (unpaired) electrons. The highest BCUT2D eigenvalue weighted by molar-refractivity contribution is 7.89. The Morgan fingerprint density at radius 3 is 2.50 bits per heavy atom. The van der Waals surface area contributed by atoms with Crippen molar-refractivity contribution in [3.63, 3.8) is 0 Å². The lowest BCUT2D eigenvalue weighted by atomic mass is 10.1. The molecule has 0 bridgehead atoms. The van der Waals surface area contributed by atoms with Crippen molar-refractivity contribution in [2.45, 2.75) is 44.0 Å². The lowest BCUT2D eigenvalue weighted by Crippen LogP contribution is -2.43. The van der Waals surface area contributed by atoms with E-state index in [9.17, 15) is 12.8 Å². The second kappa shape index (κ2) is 6.20. The van der Waals surface area contributed by atoms with Gasteiger partial charge in [-0.15, -0.1) is 0 Å². The molecular formula is C14H21FN2O2S. The van der Waals surface area contributed by atoms with Crippen LogP contribution in [0.5, 0.6) is 0 Å². The van der Waals surface area contributed by atoms with Crippen LogP contribution in [0.1, 0.15) is 30.4 Å². The summed E-state index contributed by atoms with van der Waals surface area (Å²) in [5.41, 5.74) is 0.873. The molecule has 1 heterocycles. The van der Waals surface area contributed by atoms with Crippen LogP contribution in [0.25, 0.3) is 0 Å². The highest BCUT2D eigenvalue weighted by atomic mass is 32.2. The monoisotopic (exact) mass is 300 g/mol. The van der Waals surface area contributed by atoms with Gasteiger partial charge in [-0.05, 0) is 56.5 Å². The Labute approximate surface area is 119 Å². The second-order valence-electron chi connectivity index (χ2n) is 5.37. The van der Waals surface area contributed by atoms with E-state index in [1.165, 1.54) is 12.1 Å². The van der Waals surface area contributed by atoms with Crippen molar-refractivity contribution in [2.75, 3.05) is 13.1 Å². The van der Waals surface area contributed by atoms with E-state index in [2.05, 4.69) is 10.0 Å². The first-order valence-corrected chi connectivity index (χ1v) is 8.38. The summed E-state index contributed by atoms with van der Waals surface area (Å²) in [6.07, 6.45) is 3.23. The number of rotatable bonds is 4. The van der Waals surface area contributed by atoms with Crippen LogP contribution in [0.15, 0.2) is 17.0 Å². The number of nitrogens with one attached hydrogen (secondary N) is 2. The minimum absolute atomic E-state index is 0.180. The van der Waals surface area contributed by atoms with E-state index in [-0.39, 0.29) is 10.9 Å². The fourth-order valence-electron chi connectivity index (χ4n) is 2.70. The molecule has 0 spiro atoms. The van der Waals surface area contributed by atoms with Crippen molar-refractivity contribution in [1.29, 1.82) is 0 Å². The van der Waals surface area contributed by atoms with Gasteiger partial charge >= 0.3 is 0 Å². The van der Waals surface area contributed by atoms with E-state index in [4.69, 9.17) is 0 Å². The first-order valence-electron chi connectivity index (χ1n) is 6.90. The van der Waals surface area contributed by atoms with Gasteiger partial charge in [0.15, 0.2) is 0 Å². The Morgan fingerprint density at radius 1 is 1.30 bits per heavy atom. The molecule has 0 amide bonds. The maximum absolute atomic E-state index is 13.2. The van der Waals surface area contributed by atoms with Gasteiger partial charge in [-0.1, -0.05) is 6.42 Å². The average molecular weight is 300 g/mol. The predicted octanol–water partition coefficient (Wildman–Crippen LogP) is 1.86. The minimum Gasteiger partial charge on any atom is -0.313 e. The fraction of sp³-hybridized carbons (Fsp3) is 0.571. The van der Waals surface area contributed by atoms with Gasteiger partial charge in [0.25, 0.3) is 0 Å². The smallest absolute Gasteiger partial charge is 0.241 e. The summed E-state index contributed by atoms with van der Waals surface area (Å²) in [7, 11) is -3.59. The Kier molecular flexibility index (Phi) is 4.78. The highest BCUT2D eigenvalue weighted by Gasteiger charge is 2.22. The number of piperidine rings is 1. The molecule has 0 aromatic heterocycles. The van der Waals surface area contributed by atoms with Gasteiger partial charge in [-0.25, -0.2) is 17.5 Å². The van der Waals surface area contributed by atoms with Crippen molar-refractivity contribution < 1.29 is 12.8 Å². The van der Waals surface area contributed by atoms with E-state index in [1.807, 2.05) is 0 Å². The number of hydrogen-bond acceptors (Lipinski definition) is 3. The van der Waals surface area contributed by atoms with E-state index >= 15 is 0 Å². The molecule has 2 N–H and O–H groups in total. The Bertz CT molecular complexity index is 558. The highest BCUT2D eigenvalue weighted by Crippen LogP contribution is 2.21. The van der Waals surface area contributed by atoms with Gasteiger partial charge in [0.05, 0.1) is 4.90 Å². The van der Waals surface area contributed by atoms with Gasteiger partial charge in [0.2, 0.25) is 10.0 Å². The number of halogens is 1. The molecule has 2 rings (SSSR count). The van der Waals surface area contributed by atoms with E-state index in [0.717, 1.165) is 25.8 Å². The van der Waals surface area contributed by atoms with Crippen molar-refractivity contribution >= 4 is 10.0 Å². The van der Waals surface area contributed by atoms with Crippen LogP contribution in [0, 0.1) is 19.7 Å². The van der Waals surface area contributed by atoms with Gasteiger partial charge in [-0.3, -0.25) is 0 Å². The Balaban J connectivity index is 2.14. The molecular weight excluding hydrogens is 279 g/mol. The minimum atomic E-state index is -3.59. The molecule has 1 aromatic rings. The number of hydrogen-bond donors (Lipinski definition) is 2. The van der Waals surface area contributed by atoms with E-state index in [1.54, 1.807) is 13.8 Å². The second-order valence-corrected chi connectivity index (χ2v) is 7.07. The zero-order chi connectivity index (χ0) is 14.8. The molecule has 0 saturated carbocycles. The van der Waals surface area contributed by atoms with Gasteiger partial charge < -0.3 is 5.32 Å². The summed E-state index contributed by atoms with van der Waals surface area (Å²) >= 11 is 0. The van der Waals surface area contributed by atoms with Crippen LogP contribution in [0.2, 0.25) is 0 Å². The van der Waals surface area contributed by atoms with Crippen molar-refractivity contribution in [3.8, 4) is 0 Å². The molecule has 1 saturated heterocycles. The van der Waals surface area contributed by atoms with Crippen molar-refractivity contribution in [1.82, 2.24) is 10.0 Å². The lowest BCUT2D eigenvalue weighted by Gasteiger charge is -2.24. The maximum Gasteiger partial charge on any atom is 0.241 e. The summed E-state index contributed by atoms with van der Waals surface area (Å²) in [5, 5.41) is 3.29. The molecule has 0 aliphatic carbocycles. The fourth-order valence-corrected chi connectivity index (χ4v) is 4.23. The molecule has 1 aliphatic heterocycles. The van der Waals surface area contributed by atoms with Crippen molar-refractivity contribution in [3.05, 3.63) is 29.1 Å². The Hall–Kier alpha value is -0.980. The van der Waals surface area contributed by atoms with E-state index < -0.39 is 15.8 Å². The quantitative estimate of drug-likeness (QED) is 0.892. The number of benzene rings is 1.